The molecule has 6 nitrogen and oxygen atoms in total. The molecule has 96 valence electrons. The van der Waals surface area contributed by atoms with E-state index in [-0.39, 0.29) is 18.8 Å². The van der Waals surface area contributed by atoms with Crippen molar-refractivity contribution in [2.75, 3.05) is 26.2 Å². The third kappa shape index (κ3) is 4.07. The van der Waals surface area contributed by atoms with Crippen molar-refractivity contribution in [3.8, 4) is 0 Å². The van der Waals surface area contributed by atoms with Gasteiger partial charge in [-0.1, -0.05) is 20.8 Å². The highest BCUT2D eigenvalue weighted by molar-refractivity contribution is 7.86. The maximum absolute atomic E-state index is 12.1. The van der Waals surface area contributed by atoms with Crippen LogP contribution in [0.15, 0.2) is 0 Å². The standard InChI is InChI=1S/C9H22N4O2S/c1-4-12(5-2)16(14,15)13(6-3)8-7-9(10)11/h4-8H2,1-3H3,(H3,10,11). The van der Waals surface area contributed by atoms with Crippen LogP contribution in [0.25, 0.3) is 0 Å². The lowest BCUT2D eigenvalue weighted by Gasteiger charge is -2.27. The lowest BCUT2D eigenvalue weighted by atomic mass is 10.4. The smallest absolute Gasteiger partial charge is 0.281 e. The van der Waals surface area contributed by atoms with Crippen LogP contribution in [0.3, 0.4) is 0 Å². The molecule has 0 unspecified atom stereocenters. The molecule has 7 heteroatoms. The quantitative estimate of drug-likeness (QED) is 0.477. The average molecular weight is 250 g/mol. The van der Waals surface area contributed by atoms with Crippen molar-refractivity contribution in [3.05, 3.63) is 0 Å². The van der Waals surface area contributed by atoms with Gasteiger partial charge in [0.05, 0.1) is 5.84 Å². The fourth-order valence-corrected chi connectivity index (χ4v) is 3.02. The summed E-state index contributed by atoms with van der Waals surface area (Å²) in [7, 11) is -3.39. The zero-order valence-electron chi connectivity index (χ0n) is 10.2. The number of rotatable bonds is 8. The van der Waals surface area contributed by atoms with Crippen molar-refractivity contribution in [2.45, 2.75) is 27.2 Å². The van der Waals surface area contributed by atoms with Crippen molar-refractivity contribution < 1.29 is 8.42 Å². The van der Waals surface area contributed by atoms with Crippen LogP contribution in [0, 0.1) is 5.41 Å². The Hall–Kier alpha value is -0.660. The summed E-state index contributed by atoms with van der Waals surface area (Å²) in [6.45, 7) is 6.96. The van der Waals surface area contributed by atoms with Crippen LogP contribution in [0.1, 0.15) is 27.2 Å². The second-order valence-corrected chi connectivity index (χ2v) is 5.29. The normalized spacial score (nSPS) is 12.3. The molecule has 0 saturated carbocycles. The molecule has 0 saturated heterocycles. The van der Waals surface area contributed by atoms with Gasteiger partial charge in [0, 0.05) is 32.6 Å². The molecule has 0 bridgehead atoms. The molecule has 0 radical (unpaired) electrons. The minimum atomic E-state index is -3.39. The van der Waals surface area contributed by atoms with Crippen LogP contribution in [0.5, 0.6) is 0 Å². The molecule has 16 heavy (non-hydrogen) atoms. The first-order valence-electron chi connectivity index (χ1n) is 5.48. The highest BCUT2D eigenvalue weighted by atomic mass is 32.2. The fraction of sp³-hybridized carbons (Fsp3) is 0.889. The van der Waals surface area contributed by atoms with Crippen LogP contribution < -0.4 is 5.73 Å². The van der Waals surface area contributed by atoms with Gasteiger partial charge in [0.25, 0.3) is 10.2 Å². The lowest BCUT2D eigenvalue weighted by Crippen LogP contribution is -2.44. The first-order valence-corrected chi connectivity index (χ1v) is 6.87. The Labute approximate surface area is 98.1 Å². The molecule has 0 aromatic carbocycles. The summed E-state index contributed by atoms with van der Waals surface area (Å²) in [5, 5.41) is 7.11. The fourth-order valence-electron chi connectivity index (χ4n) is 1.39. The van der Waals surface area contributed by atoms with Gasteiger partial charge in [-0.3, -0.25) is 5.41 Å². The largest absolute Gasteiger partial charge is 0.388 e. The first kappa shape index (κ1) is 15.3. The van der Waals surface area contributed by atoms with E-state index in [0.717, 1.165) is 0 Å². The highest BCUT2D eigenvalue weighted by Gasteiger charge is 2.25. The van der Waals surface area contributed by atoms with Gasteiger partial charge in [-0.25, -0.2) is 0 Å². The Morgan fingerprint density at radius 3 is 1.88 bits per heavy atom. The van der Waals surface area contributed by atoms with Gasteiger partial charge in [-0.2, -0.15) is 17.0 Å². The number of nitrogens with two attached hydrogens (primary N) is 1. The van der Waals surface area contributed by atoms with Crippen LogP contribution in [0.4, 0.5) is 0 Å². The predicted octanol–water partition coefficient (Wildman–Crippen LogP) is 0.221. The number of hydrogen-bond donors (Lipinski definition) is 2. The molecule has 0 aliphatic heterocycles. The zero-order chi connectivity index (χ0) is 12.8. The number of nitrogens with one attached hydrogen (secondary N) is 1. The van der Waals surface area contributed by atoms with Gasteiger partial charge in [0.2, 0.25) is 0 Å². The van der Waals surface area contributed by atoms with E-state index in [1.807, 2.05) is 0 Å². The number of nitrogens with zero attached hydrogens (tertiary/aromatic N) is 2. The monoisotopic (exact) mass is 250 g/mol. The molecular formula is C9H22N4O2S. The van der Waals surface area contributed by atoms with Crippen LogP contribution >= 0.6 is 0 Å². The summed E-state index contributed by atoms with van der Waals surface area (Å²) in [5.74, 6) is 0.00759. The molecular weight excluding hydrogens is 228 g/mol. The Bertz CT molecular complexity index is 311. The van der Waals surface area contributed by atoms with E-state index in [4.69, 9.17) is 11.1 Å². The zero-order valence-corrected chi connectivity index (χ0v) is 11.0. The average Bonchev–Trinajstić information content (AvgIpc) is 2.19. The molecule has 0 spiro atoms. The van der Waals surface area contributed by atoms with Crippen LogP contribution in [0.2, 0.25) is 0 Å². The van der Waals surface area contributed by atoms with Gasteiger partial charge in [0.15, 0.2) is 0 Å². The van der Waals surface area contributed by atoms with E-state index in [9.17, 15) is 8.42 Å². The van der Waals surface area contributed by atoms with Gasteiger partial charge < -0.3 is 5.73 Å². The predicted molar refractivity (Wildman–Crippen MR) is 65.6 cm³/mol. The van der Waals surface area contributed by atoms with Gasteiger partial charge in [0.1, 0.15) is 0 Å². The summed E-state index contributed by atoms with van der Waals surface area (Å²) in [6.07, 6.45) is 0.272. The molecule has 0 heterocycles. The molecule has 0 aromatic heterocycles. The van der Waals surface area contributed by atoms with E-state index in [1.165, 1.54) is 8.61 Å². The molecule has 0 aliphatic rings. The van der Waals surface area contributed by atoms with Crippen LogP contribution in [-0.2, 0) is 10.2 Å². The van der Waals surface area contributed by atoms with Crippen LogP contribution in [-0.4, -0.2) is 49.0 Å². The summed E-state index contributed by atoms with van der Waals surface area (Å²) in [4.78, 5) is 0. The number of hydrogen-bond acceptors (Lipinski definition) is 3. The third-order valence-corrected chi connectivity index (χ3v) is 4.60. The van der Waals surface area contributed by atoms with E-state index >= 15 is 0 Å². The van der Waals surface area contributed by atoms with Crippen molar-refractivity contribution in [2.24, 2.45) is 5.73 Å². The van der Waals surface area contributed by atoms with Gasteiger partial charge in [-0.05, 0) is 0 Å². The second kappa shape index (κ2) is 6.82. The molecule has 0 aliphatic carbocycles. The summed E-state index contributed by atoms with van der Waals surface area (Å²) in [5.41, 5.74) is 5.23. The molecule has 0 aromatic rings. The third-order valence-electron chi connectivity index (χ3n) is 2.34. The van der Waals surface area contributed by atoms with E-state index in [1.54, 1.807) is 20.8 Å². The topological polar surface area (TPSA) is 90.5 Å². The number of amidine groups is 1. The minimum absolute atomic E-state index is 0.00759. The lowest BCUT2D eigenvalue weighted by molar-refractivity contribution is 0.361. The van der Waals surface area contributed by atoms with Crippen molar-refractivity contribution >= 4 is 16.0 Å². The summed E-state index contributed by atoms with van der Waals surface area (Å²) < 4.78 is 26.9. The molecule has 0 rings (SSSR count). The Morgan fingerprint density at radius 1 is 1.12 bits per heavy atom. The summed E-state index contributed by atoms with van der Waals surface area (Å²) >= 11 is 0. The minimum Gasteiger partial charge on any atom is -0.388 e. The second-order valence-electron chi connectivity index (χ2n) is 3.36. The van der Waals surface area contributed by atoms with Crippen molar-refractivity contribution in [1.29, 1.82) is 5.41 Å². The Morgan fingerprint density at radius 2 is 1.56 bits per heavy atom. The van der Waals surface area contributed by atoms with Crippen molar-refractivity contribution in [1.82, 2.24) is 8.61 Å². The maximum Gasteiger partial charge on any atom is 0.281 e. The molecule has 0 fully saturated rings. The SMILES string of the molecule is CCN(CC)S(=O)(=O)N(CC)CCC(=N)N. The van der Waals surface area contributed by atoms with E-state index in [0.29, 0.717) is 19.6 Å². The molecule has 3 N–H and O–H groups in total. The van der Waals surface area contributed by atoms with Gasteiger partial charge in [-0.15, -0.1) is 0 Å². The van der Waals surface area contributed by atoms with Crippen molar-refractivity contribution in [3.63, 3.8) is 0 Å². The van der Waals surface area contributed by atoms with E-state index < -0.39 is 10.2 Å². The maximum atomic E-state index is 12.1. The highest BCUT2D eigenvalue weighted by Crippen LogP contribution is 2.08. The first-order chi connectivity index (χ1) is 7.39. The van der Waals surface area contributed by atoms with E-state index in [2.05, 4.69) is 0 Å². The van der Waals surface area contributed by atoms with Gasteiger partial charge >= 0.3 is 0 Å². The molecule has 0 atom stereocenters. The Kier molecular flexibility index (Phi) is 6.54. The summed E-state index contributed by atoms with van der Waals surface area (Å²) in [6, 6.07) is 0. The molecule has 0 amide bonds. The Balaban J connectivity index is 4.72.